The lowest BCUT2D eigenvalue weighted by atomic mass is 10.0. The fourth-order valence-corrected chi connectivity index (χ4v) is 4.09. The van der Waals surface area contributed by atoms with E-state index in [0.717, 1.165) is 31.9 Å². The first-order valence-electron chi connectivity index (χ1n) is 10.4. The summed E-state index contributed by atoms with van der Waals surface area (Å²) in [5.74, 6) is -1.19. The van der Waals surface area contributed by atoms with E-state index >= 15 is 0 Å². The van der Waals surface area contributed by atoms with Crippen LogP contribution in [0, 0.1) is 11.3 Å². The van der Waals surface area contributed by atoms with Crippen LogP contribution in [-0.4, -0.2) is 67.6 Å². The zero-order chi connectivity index (χ0) is 24.0. The Labute approximate surface area is 202 Å². The fourth-order valence-electron chi connectivity index (χ4n) is 3.56. The van der Waals surface area contributed by atoms with Crippen molar-refractivity contribution in [3.8, 4) is 11.8 Å². The number of likely N-dealkylation sites (N-methyl/N-ethyl adjacent to an activating group) is 1. The Morgan fingerprint density at radius 3 is 2.30 bits per heavy atom. The largest absolute Gasteiger partial charge is 0.505 e. The summed E-state index contributed by atoms with van der Waals surface area (Å²) in [5, 5.41) is 23.8. The number of piperazine rings is 1. The van der Waals surface area contributed by atoms with Crippen molar-refractivity contribution in [3.63, 3.8) is 0 Å². The molecule has 3 rings (SSSR count). The number of halogens is 2. The molecule has 1 aliphatic heterocycles. The Morgan fingerprint density at radius 1 is 1.12 bits per heavy atom. The van der Waals surface area contributed by atoms with Gasteiger partial charge in [0.15, 0.2) is 5.75 Å². The molecular weight excluding hydrogens is 465 g/mol. The molecule has 0 radical (unpaired) electrons. The van der Waals surface area contributed by atoms with E-state index in [0.29, 0.717) is 11.1 Å². The molecule has 1 fully saturated rings. The number of hydrogen-bond donors (Lipinski definition) is 3. The topological polar surface area (TPSA) is 109 Å². The van der Waals surface area contributed by atoms with Crippen molar-refractivity contribution in [1.29, 1.82) is 5.26 Å². The molecule has 0 aromatic heterocycles. The maximum absolute atomic E-state index is 12.9. The van der Waals surface area contributed by atoms with Crippen molar-refractivity contribution in [2.45, 2.75) is 12.5 Å². The Bertz CT molecular complexity index is 1020. The summed E-state index contributed by atoms with van der Waals surface area (Å²) in [4.78, 5) is 30.0. The SMILES string of the molecule is CN1CCN(c2ccc(C(=O)N[C@@H](Cc3cc(Cl)c(O)c(Cl)c3)C(=O)NCC#N)cc2)CC1. The van der Waals surface area contributed by atoms with Gasteiger partial charge in [-0.3, -0.25) is 9.59 Å². The highest BCUT2D eigenvalue weighted by Crippen LogP contribution is 2.33. The minimum Gasteiger partial charge on any atom is -0.505 e. The van der Waals surface area contributed by atoms with Gasteiger partial charge in [-0.05, 0) is 49.0 Å². The van der Waals surface area contributed by atoms with Crippen LogP contribution in [-0.2, 0) is 11.2 Å². The summed E-state index contributed by atoms with van der Waals surface area (Å²) in [6.07, 6.45) is 0.0715. The van der Waals surface area contributed by atoms with Crippen molar-refractivity contribution in [2.75, 3.05) is 44.7 Å². The second-order valence-electron chi connectivity index (χ2n) is 7.85. The maximum atomic E-state index is 12.9. The first-order chi connectivity index (χ1) is 15.8. The van der Waals surface area contributed by atoms with E-state index < -0.39 is 17.9 Å². The van der Waals surface area contributed by atoms with Crippen LogP contribution >= 0.6 is 23.2 Å². The highest BCUT2D eigenvalue weighted by molar-refractivity contribution is 6.37. The van der Waals surface area contributed by atoms with Crippen molar-refractivity contribution >= 4 is 40.7 Å². The Kier molecular flexibility index (Phi) is 8.39. The smallest absolute Gasteiger partial charge is 0.251 e. The zero-order valence-corrected chi connectivity index (χ0v) is 19.7. The number of phenols is 1. The second-order valence-corrected chi connectivity index (χ2v) is 8.67. The van der Waals surface area contributed by atoms with Crippen LogP contribution in [0.2, 0.25) is 10.0 Å². The van der Waals surface area contributed by atoms with Crippen LogP contribution in [0.5, 0.6) is 5.75 Å². The van der Waals surface area contributed by atoms with Gasteiger partial charge in [-0.15, -0.1) is 0 Å². The van der Waals surface area contributed by atoms with Gasteiger partial charge in [0.25, 0.3) is 5.91 Å². The number of carbonyl (C=O) groups is 2. The van der Waals surface area contributed by atoms with E-state index in [1.165, 1.54) is 12.1 Å². The van der Waals surface area contributed by atoms with Crippen molar-refractivity contribution in [1.82, 2.24) is 15.5 Å². The van der Waals surface area contributed by atoms with Gasteiger partial charge < -0.3 is 25.5 Å². The van der Waals surface area contributed by atoms with Gasteiger partial charge in [0.05, 0.1) is 16.1 Å². The molecule has 1 atom stereocenters. The lowest BCUT2D eigenvalue weighted by Gasteiger charge is -2.34. The Morgan fingerprint density at radius 2 is 1.73 bits per heavy atom. The normalized spacial score (nSPS) is 14.9. The molecule has 3 N–H and O–H groups in total. The van der Waals surface area contributed by atoms with E-state index in [9.17, 15) is 14.7 Å². The molecule has 1 heterocycles. The molecule has 1 saturated heterocycles. The number of amides is 2. The van der Waals surface area contributed by atoms with Crippen molar-refractivity contribution < 1.29 is 14.7 Å². The molecule has 8 nitrogen and oxygen atoms in total. The minimum atomic E-state index is -0.972. The summed E-state index contributed by atoms with van der Waals surface area (Å²) in [6, 6.07) is 11.1. The first-order valence-corrected chi connectivity index (χ1v) is 11.2. The average molecular weight is 490 g/mol. The molecule has 174 valence electrons. The van der Waals surface area contributed by atoms with E-state index in [1.807, 2.05) is 18.2 Å². The van der Waals surface area contributed by atoms with Crippen LogP contribution < -0.4 is 15.5 Å². The number of benzene rings is 2. The number of carbonyl (C=O) groups excluding carboxylic acids is 2. The minimum absolute atomic E-state index is 0.0412. The van der Waals surface area contributed by atoms with Crippen molar-refractivity contribution in [2.24, 2.45) is 0 Å². The maximum Gasteiger partial charge on any atom is 0.251 e. The molecule has 0 spiro atoms. The standard InChI is InChI=1S/C23H25Cl2N5O3/c1-29-8-10-30(11-9-29)17-4-2-16(3-5-17)22(32)28-20(23(33)27-7-6-26)14-15-12-18(24)21(31)19(25)13-15/h2-5,12-13,20,31H,7-11,14H2,1H3,(H,27,33)(H,28,32)/t20-/m0/s1. The summed E-state index contributed by atoms with van der Waals surface area (Å²) in [7, 11) is 2.09. The van der Waals surface area contributed by atoms with E-state index in [2.05, 4.69) is 27.5 Å². The quantitative estimate of drug-likeness (QED) is 0.515. The third kappa shape index (κ3) is 6.51. The molecule has 0 aliphatic carbocycles. The van der Waals surface area contributed by atoms with Crippen LogP contribution in [0.25, 0.3) is 0 Å². The van der Waals surface area contributed by atoms with Gasteiger partial charge >= 0.3 is 0 Å². The molecule has 10 heteroatoms. The highest BCUT2D eigenvalue weighted by Gasteiger charge is 2.23. The van der Waals surface area contributed by atoms with Gasteiger partial charge in [0.1, 0.15) is 12.6 Å². The lowest BCUT2D eigenvalue weighted by molar-refractivity contribution is -0.122. The number of anilines is 1. The molecular formula is C23H25Cl2N5O3. The Hall–Kier alpha value is -2.99. The summed E-state index contributed by atoms with van der Waals surface area (Å²) in [5.41, 5.74) is 2.00. The van der Waals surface area contributed by atoms with Crippen LogP contribution in [0.3, 0.4) is 0 Å². The van der Waals surface area contributed by atoms with Crippen LogP contribution in [0.15, 0.2) is 36.4 Å². The number of hydrogen-bond acceptors (Lipinski definition) is 6. The summed E-state index contributed by atoms with van der Waals surface area (Å²) in [6.45, 7) is 3.60. The number of phenolic OH excluding ortho intramolecular Hbond substituents is 1. The molecule has 0 saturated carbocycles. The summed E-state index contributed by atoms with van der Waals surface area (Å²) < 4.78 is 0. The number of nitrogens with one attached hydrogen (secondary N) is 2. The van der Waals surface area contributed by atoms with Gasteiger partial charge in [0, 0.05) is 43.9 Å². The van der Waals surface area contributed by atoms with E-state index in [-0.39, 0.29) is 28.8 Å². The Balaban J connectivity index is 1.72. The molecule has 2 amide bonds. The summed E-state index contributed by atoms with van der Waals surface area (Å²) >= 11 is 12.0. The first kappa shape index (κ1) is 24.6. The second kappa shape index (κ2) is 11.2. The molecule has 2 aromatic carbocycles. The van der Waals surface area contributed by atoms with Gasteiger partial charge in [-0.2, -0.15) is 5.26 Å². The number of aromatic hydroxyl groups is 1. The number of rotatable bonds is 7. The van der Waals surface area contributed by atoms with Gasteiger partial charge in [-0.1, -0.05) is 23.2 Å². The number of nitriles is 1. The predicted octanol–water partition coefficient (Wildman–Crippen LogP) is 2.43. The molecule has 0 unspecified atom stereocenters. The predicted molar refractivity (Wildman–Crippen MR) is 128 cm³/mol. The van der Waals surface area contributed by atoms with Gasteiger partial charge in [0.2, 0.25) is 5.91 Å². The van der Waals surface area contributed by atoms with Crippen molar-refractivity contribution in [3.05, 3.63) is 57.6 Å². The van der Waals surface area contributed by atoms with Gasteiger partial charge in [-0.25, -0.2) is 0 Å². The monoisotopic (exact) mass is 489 g/mol. The number of nitrogens with zero attached hydrogens (tertiary/aromatic N) is 3. The molecule has 33 heavy (non-hydrogen) atoms. The highest BCUT2D eigenvalue weighted by atomic mass is 35.5. The fraction of sp³-hybridized carbons (Fsp3) is 0.348. The lowest BCUT2D eigenvalue weighted by Crippen LogP contribution is -2.48. The van der Waals surface area contributed by atoms with E-state index in [1.54, 1.807) is 12.1 Å². The molecule has 2 aromatic rings. The zero-order valence-electron chi connectivity index (χ0n) is 18.1. The van der Waals surface area contributed by atoms with Crippen LogP contribution in [0.1, 0.15) is 15.9 Å². The molecule has 1 aliphatic rings. The van der Waals surface area contributed by atoms with E-state index in [4.69, 9.17) is 28.5 Å². The van der Waals surface area contributed by atoms with Crippen LogP contribution in [0.4, 0.5) is 5.69 Å². The average Bonchev–Trinajstić information content (AvgIpc) is 2.81. The third-order valence-corrected chi connectivity index (χ3v) is 6.05. The molecule has 0 bridgehead atoms. The third-order valence-electron chi connectivity index (χ3n) is 5.48.